The molecule has 3 nitrogen and oxygen atoms in total. The second-order valence-corrected chi connectivity index (χ2v) is 7.24. The molecule has 84 valence electrons. The van der Waals surface area contributed by atoms with Gasteiger partial charge in [0.2, 0.25) is 0 Å². The van der Waals surface area contributed by atoms with Crippen molar-refractivity contribution in [3.8, 4) is 0 Å². The molecule has 0 spiro atoms. The molecule has 0 aliphatic carbocycles. The van der Waals surface area contributed by atoms with Crippen molar-refractivity contribution in [3.05, 3.63) is 34.9 Å². The van der Waals surface area contributed by atoms with E-state index in [1.165, 1.54) is 0 Å². The number of hydrogen-bond acceptors (Lipinski definition) is 2. The summed E-state index contributed by atoms with van der Waals surface area (Å²) in [4.78, 5) is 22.5. The molecule has 1 aromatic carbocycles. The summed E-state index contributed by atoms with van der Waals surface area (Å²) in [6.45, 7) is 0. The summed E-state index contributed by atoms with van der Waals surface area (Å²) in [5, 5.41) is 3.21. The first-order valence-electron chi connectivity index (χ1n) is 4.50. The Bertz CT molecular complexity index is 398. The molecule has 1 aromatic rings. The van der Waals surface area contributed by atoms with Crippen LogP contribution < -0.4 is 5.32 Å². The summed E-state index contributed by atoms with van der Waals surface area (Å²) in [5.74, 6) is -0.148. The number of nitrogens with one attached hydrogen (secondary N) is 1. The first kappa shape index (κ1) is 13.8. The van der Waals surface area contributed by atoms with Gasteiger partial charge in [0.25, 0.3) is 0 Å². The van der Waals surface area contributed by atoms with Crippen molar-refractivity contribution in [2.75, 3.05) is 10.4 Å². The van der Waals surface area contributed by atoms with E-state index in [4.69, 9.17) is 23.2 Å². The third-order valence-corrected chi connectivity index (χ3v) is 5.50. The summed E-state index contributed by atoms with van der Waals surface area (Å²) >= 11 is 9.90. The number of alkyl halides is 1. The van der Waals surface area contributed by atoms with Crippen LogP contribution in [0.3, 0.4) is 0 Å². The predicted molar refractivity (Wildman–Crippen MR) is 65.3 cm³/mol. The van der Waals surface area contributed by atoms with E-state index in [9.17, 15) is 9.59 Å². The molecule has 0 unspecified atom stereocenters. The van der Waals surface area contributed by atoms with Crippen molar-refractivity contribution in [2.24, 2.45) is 0 Å². The molecule has 0 aliphatic heterocycles. The molecule has 0 aliphatic rings. The van der Waals surface area contributed by atoms with E-state index in [1.807, 2.05) is 0 Å². The molecule has 1 N–H and O–H groups in total. The first-order valence-corrected chi connectivity index (χ1v) is 8.85. The van der Waals surface area contributed by atoms with Crippen LogP contribution in [0.4, 0.5) is 0 Å². The molecule has 0 saturated heterocycles. The van der Waals surface area contributed by atoms with Crippen molar-refractivity contribution >= 4 is 54.1 Å². The Kier molecular flexibility index (Phi) is 6.16. The Labute approximate surface area is 114 Å². The molecule has 0 bridgehead atoms. The topological polar surface area (TPSA) is 46.2 Å². The number of halogens is 2. The van der Waals surface area contributed by atoms with E-state index >= 15 is 0 Å². The van der Waals surface area contributed by atoms with E-state index in [-0.39, 0.29) is 15.6 Å². The first-order chi connectivity index (χ1) is 7.63. The Balaban J connectivity index is 2.44. The summed E-state index contributed by atoms with van der Waals surface area (Å²) < 4.78 is 0.539. The zero-order valence-corrected chi connectivity index (χ0v) is 12.7. The van der Waals surface area contributed by atoms with Gasteiger partial charge in [-0.2, -0.15) is 0 Å². The zero-order valence-electron chi connectivity index (χ0n) is 8.30. The molecule has 1 rings (SSSR count). The van der Waals surface area contributed by atoms with Crippen LogP contribution in [0.25, 0.3) is 0 Å². The average Bonchev–Trinajstić information content (AvgIpc) is 2.28. The second-order valence-electron chi connectivity index (χ2n) is 2.93. The Morgan fingerprint density at radius 2 is 2.12 bits per heavy atom. The van der Waals surface area contributed by atoms with Crippen molar-refractivity contribution in [1.29, 1.82) is 0 Å². The van der Waals surface area contributed by atoms with Crippen molar-refractivity contribution in [3.63, 3.8) is 0 Å². The molecule has 0 aromatic heterocycles. The van der Waals surface area contributed by atoms with Crippen LogP contribution in [0.2, 0.25) is 5.02 Å². The van der Waals surface area contributed by atoms with E-state index < -0.39 is 21.1 Å². The van der Waals surface area contributed by atoms with Crippen LogP contribution in [-0.4, -0.2) is 41.3 Å². The Morgan fingerprint density at radius 1 is 1.38 bits per heavy atom. The quantitative estimate of drug-likeness (QED) is 0.635. The maximum atomic E-state index is 11.6. The van der Waals surface area contributed by atoms with Gasteiger partial charge in [0.1, 0.15) is 0 Å². The summed E-state index contributed by atoms with van der Waals surface area (Å²) in [6.07, 6.45) is 0. The molecule has 2 radical (unpaired) electrons. The fourth-order valence-electron chi connectivity index (χ4n) is 1.00. The molecule has 6 heteroatoms. The molecular formula is C10H9Cl2NO2Sn. The predicted octanol–water partition coefficient (Wildman–Crippen LogP) is 1.50. The molecule has 0 heterocycles. The van der Waals surface area contributed by atoms with Gasteiger partial charge in [-0.1, -0.05) is 0 Å². The molecule has 0 atom stereocenters. The van der Waals surface area contributed by atoms with Gasteiger partial charge in [-0.25, -0.2) is 0 Å². The van der Waals surface area contributed by atoms with Crippen molar-refractivity contribution in [1.82, 2.24) is 5.32 Å². The normalized spacial score (nSPS) is 9.88. The van der Waals surface area contributed by atoms with Gasteiger partial charge in [0.15, 0.2) is 0 Å². The number of amides is 1. The average molecular weight is 365 g/mol. The van der Waals surface area contributed by atoms with E-state index in [0.29, 0.717) is 15.1 Å². The van der Waals surface area contributed by atoms with Crippen molar-refractivity contribution in [2.45, 2.75) is 0 Å². The van der Waals surface area contributed by atoms with Crippen LogP contribution in [0.5, 0.6) is 0 Å². The maximum absolute atomic E-state index is 11.6. The number of carbonyl (C=O) groups excluding carboxylic acids is 2. The van der Waals surface area contributed by atoms with Gasteiger partial charge in [-0.15, -0.1) is 0 Å². The number of benzene rings is 1. The fraction of sp³-hybridized carbons (Fsp3) is 0.200. The summed E-state index contributed by atoms with van der Waals surface area (Å²) in [6, 6.07) is 6.67. The van der Waals surface area contributed by atoms with Gasteiger partial charge in [-0.05, 0) is 0 Å². The number of carbonyl (C=O) groups is 2. The monoisotopic (exact) mass is 365 g/mol. The van der Waals surface area contributed by atoms with E-state index in [0.717, 1.165) is 0 Å². The minimum atomic E-state index is -1.23. The van der Waals surface area contributed by atoms with E-state index in [1.54, 1.807) is 24.3 Å². The van der Waals surface area contributed by atoms with Crippen LogP contribution in [0, 0.1) is 0 Å². The van der Waals surface area contributed by atoms with Crippen LogP contribution >= 0.6 is 23.2 Å². The second kappa shape index (κ2) is 7.14. The summed E-state index contributed by atoms with van der Waals surface area (Å²) in [7, 11) is 0. The Hall–Kier alpha value is -0.261. The van der Waals surface area contributed by atoms with Gasteiger partial charge in [0, 0.05) is 0 Å². The number of rotatable bonds is 5. The molecule has 16 heavy (non-hydrogen) atoms. The van der Waals surface area contributed by atoms with Crippen molar-refractivity contribution < 1.29 is 9.59 Å². The van der Waals surface area contributed by atoms with Gasteiger partial charge >= 0.3 is 114 Å². The molecule has 0 fully saturated rings. The molecular weight excluding hydrogens is 356 g/mol. The van der Waals surface area contributed by atoms with E-state index in [2.05, 4.69) is 5.32 Å². The van der Waals surface area contributed by atoms with Crippen LogP contribution in [0.15, 0.2) is 24.3 Å². The van der Waals surface area contributed by atoms with Crippen LogP contribution in [-0.2, 0) is 4.79 Å². The Morgan fingerprint density at radius 3 is 2.75 bits per heavy atom. The standard InChI is InChI=1S/C8H7ClNO.C2H2ClO.Sn/c1-10-8(11)6-3-2-4-7(9)5-6;3-1-2-4;/h2-5H,1H2,(H,10,11);1H2;. The van der Waals surface area contributed by atoms with Gasteiger partial charge in [-0.3, -0.25) is 0 Å². The third kappa shape index (κ3) is 4.72. The number of hydrogen-bond donors (Lipinski definition) is 1. The fourth-order valence-corrected chi connectivity index (χ4v) is 3.37. The third-order valence-electron chi connectivity index (χ3n) is 1.74. The minimum absolute atomic E-state index is 0.0548. The van der Waals surface area contributed by atoms with Crippen LogP contribution in [0.1, 0.15) is 10.4 Å². The van der Waals surface area contributed by atoms with Gasteiger partial charge in [0.05, 0.1) is 0 Å². The SMILES string of the molecule is O=[C](CCl)[Sn][CH2]NC(=O)c1cccc(Cl)c1. The van der Waals surface area contributed by atoms with Gasteiger partial charge < -0.3 is 0 Å². The molecule has 1 amide bonds. The molecule has 0 saturated carbocycles. The summed E-state index contributed by atoms with van der Waals surface area (Å²) in [5.41, 5.74) is 0.505. The zero-order chi connectivity index (χ0) is 12.0.